The number of thioether (sulfide) groups is 1. The average Bonchev–Trinajstić information content (AvgIpc) is 2.93. The third-order valence-electron chi connectivity index (χ3n) is 3.83. The van der Waals surface area contributed by atoms with E-state index in [2.05, 4.69) is 0 Å². The Hall–Kier alpha value is -2.08. The second kappa shape index (κ2) is 7.21. The lowest BCUT2D eigenvalue weighted by Gasteiger charge is -2.25. The summed E-state index contributed by atoms with van der Waals surface area (Å²) in [4.78, 5) is 13.7. The Bertz CT molecular complexity index is 716. The van der Waals surface area contributed by atoms with Crippen LogP contribution in [0.5, 0.6) is 5.75 Å². The first kappa shape index (κ1) is 16.8. The molecule has 0 bridgehead atoms. The molecule has 0 aliphatic carbocycles. The number of hydrogen-bond acceptors (Lipinski definition) is 3. The van der Waals surface area contributed by atoms with Crippen molar-refractivity contribution in [3.05, 3.63) is 65.2 Å². The van der Waals surface area contributed by atoms with Crippen LogP contribution in [-0.2, 0) is 11.3 Å². The predicted molar refractivity (Wildman–Crippen MR) is 89.7 cm³/mol. The SMILES string of the molecule is CCOc1ccc(C2SCC(=O)N2Cc2c(F)cccc2F)cc1. The molecule has 0 radical (unpaired) electrons. The van der Waals surface area contributed by atoms with Gasteiger partial charge in [0.05, 0.1) is 18.9 Å². The fourth-order valence-corrected chi connectivity index (χ4v) is 3.84. The van der Waals surface area contributed by atoms with Crippen LogP contribution < -0.4 is 4.74 Å². The number of amides is 1. The van der Waals surface area contributed by atoms with Crippen molar-refractivity contribution in [3.8, 4) is 5.75 Å². The van der Waals surface area contributed by atoms with E-state index in [1.165, 1.54) is 34.9 Å². The van der Waals surface area contributed by atoms with Crippen molar-refractivity contribution in [3.63, 3.8) is 0 Å². The molecule has 6 heteroatoms. The second-order valence-electron chi connectivity index (χ2n) is 5.39. The van der Waals surface area contributed by atoms with Gasteiger partial charge in [0.2, 0.25) is 5.91 Å². The summed E-state index contributed by atoms with van der Waals surface area (Å²) in [6.45, 7) is 2.40. The van der Waals surface area contributed by atoms with Crippen molar-refractivity contribution in [1.82, 2.24) is 4.90 Å². The van der Waals surface area contributed by atoms with Gasteiger partial charge in [0.1, 0.15) is 22.8 Å². The zero-order chi connectivity index (χ0) is 17.1. The standard InChI is InChI=1S/C18H17F2NO2S/c1-2-23-13-8-6-12(7-9-13)18-21(17(22)11-24-18)10-14-15(19)4-3-5-16(14)20/h3-9,18H,2,10-11H2,1H3. The van der Waals surface area contributed by atoms with Gasteiger partial charge in [-0.1, -0.05) is 18.2 Å². The van der Waals surface area contributed by atoms with Crippen LogP contribution in [0.25, 0.3) is 0 Å². The van der Waals surface area contributed by atoms with Crippen molar-refractivity contribution in [2.24, 2.45) is 0 Å². The highest BCUT2D eigenvalue weighted by Crippen LogP contribution is 2.40. The van der Waals surface area contributed by atoms with Crippen LogP contribution >= 0.6 is 11.8 Å². The number of carbonyl (C=O) groups is 1. The van der Waals surface area contributed by atoms with E-state index < -0.39 is 11.6 Å². The number of halogens is 2. The normalized spacial score (nSPS) is 17.4. The fourth-order valence-electron chi connectivity index (χ4n) is 2.65. The minimum atomic E-state index is -0.634. The minimum Gasteiger partial charge on any atom is -0.494 e. The minimum absolute atomic E-state index is 0.0794. The second-order valence-corrected chi connectivity index (χ2v) is 6.46. The van der Waals surface area contributed by atoms with Gasteiger partial charge in [-0.15, -0.1) is 11.8 Å². The summed E-state index contributed by atoms with van der Waals surface area (Å²) >= 11 is 1.45. The van der Waals surface area contributed by atoms with Crippen LogP contribution in [0.2, 0.25) is 0 Å². The van der Waals surface area contributed by atoms with Crippen LogP contribution in [0.4, 0.5) is 8.78 Å². The third-order valence-corrected chi connectivity index (χ3v) is 5.09. The van der Waals surface area contributed by atoms with E-state index in [-0.39, 0.29) is 23.4 Å². The van der Waals surface area contributed by atoms with Crippen LogP contribution in [0.15, 0.2) is 42.5 Å². The summed E-state index contributed by atoms with van der Waals surface area (Å²) in [5.41, 5.74) is 0.829. The Morgan fingerprint density at radius 2 is 1.83 bits per heavy atom. The van der Waals surface area contributed by atoms with Crippen LogP contribution in [-0.4, -0.2) is 23.2 Å². The Morgan fingerprint density at radius 3 is 2.46 bits per heavy atom. The molecule has 0 N–H and O–H groups in total. The quantitative estimate of drug-likeness (QED) is 0.813. The molecule has 1 saturated heterocycles. The van der Waals surface area contributed by atoms with Crippen molar-refractivity contribution in [2.75, 3.05) is 12.4 Å². The van der Waals surface area contributed by atoms with Crippen molar-refractivity contribution in [1.29, 1.82) is 0 Å². The lowest BCUT2D eigenvalue weighted by Crippen LogP contribution is -2.28. The van der Waals surface area contributed by atoms with Crippen molar-refractivity contribution >= 4 is 17.7 Å². The molecule has 1 fully saturated rings. The number of benzene rings is 2. The Labute approximate surface area is 143 Å². The predicted octanol–water partition coefficient (Wildman–Crippen LogP) is 4.14. The largest absolute Gasteiger partial charge is 0.494 e. The van der Waals surface area contributed by atoms with E-state index in [4.69, 9.17) is 4.74 Å². The number of carbonyl (C=O) groups excluding carboxylic acids is 1. The van der Waals surface area contributed by atoms with Gasteiger partial charge in [-0.25, -0.2) is 8.78 Å². The van der Waals surface area contributed by atoms with Crippen LogP contribution in [0.1, 0.15) is 23.4 Å². The van der Waals surface area contributed by atoms with Gasteiger partial charge in [0.15, 0.2) is 0 Å². The fraction of sp³-hybridized carbons (Fsp3) is 0.278. The van der Waals surface area contributed by atoms with E-state index >= 15 is 0 Å². The molecule has 1 atom stereocenters. The molecule has 0 spiro atoms. The molecule has 1 heterocycles. The summed E-state index contributed by atoms with van der Waals surface area (Å²) in [6, 6.07) is 11.2. The molecular weight excluding hydrogens is 332 g/mol. The summed E-state index contributed by atoms with van der Waals surface area (Å²) < 4.78 is 33.2. The first-order valence-corrected chi connectivity index (χ1v) is 8.71. The van der Waals surface area contributed by atoms with Gasteiger partial charge in [0.25, 0.3) is 0 Å². The summed E-state index contributed by atoms with van der Waals surface area (Å²) in [5.74, 6) is -0.340. The van der Waals surface area contributed by atoms with Gasteiger partial charge < -0.3 is 9.64 Å². The molecule has 126 valence electrons. The maximum absolute atomic E-state index is 13.9. The highest BCUT2D eigenvalue weighted by molar-refractivity contribution is 8.00. The van der Waals surface area contributed by atoms with E-state index in [1.54, 1.807) is 0 Å². The molecule has 24 heavy (non-hydrogen) atoms. The van der Waals surface area contributed by atoms with Crippen molar-refractivity contribution < 1.29 is 18.3 Å². The number of hydrogen-bond donors (Lipinski definition) is 0. The lowest BCUT2D eigenvalue weighted by molar-refractivity contribution is -0.128. The Balaban J connectivity index is 1.84. The Morgan fingerprint density at radius 1 is 1.17 bits per heavy atom. The molecule has 3 rings (SSSR count). The monoisotopic (exact) mass is 349 g/mol. The number of rotatable bonds is 5. The van der Waals surface area contributed by atoms with Gasteiger partial charge in [-0.3, -0.25) is 4.79 Å². The first-order chi connectivity index (χ1) is 11.6. The van der Waals surface area contributed by atoms with E-state index in [0.29, 0.717) is 12.4 Å². The number of nitrogens with zero attached hydrogens (tertiary/aromatic N) is 1. The zero-order valence-corrected chi connectivity index (χ0v) is 14.0. The smallest absolute Gasteiger partial charge is 0.234 e. The molecule has 1 aliphatic heterocycles. The summed E-state index contributed by atoms with van der Waals surface area (Å²) in [7, 11) is 0. The van der Waals surface area contributed by atoms with Crippen LogP contribution in [0, 0.1) is 11.6 Å². The van der Waals surface area contributed by atoms with E-state index in [9.17, 15) is 13.6 Å². The molecule has 1 aliphatic rings. The average molecular weight is 349 g/mol. The highest BCUT2D eigenvalue weighted by Gasteiger charge is 2.33. The molecule has 2 aromatic carbocycles. The van der Waals surface area contributed by atoms with Gasteiger partial charge >= 0.3 is 0 Å². The zero-order valence-electron chi connectivity index (χ0n) is 13.2. The molecule has 1 unspecified atom stereocenters. The van der Waals surface area contributed by atoms with Crippen LogP contribution in [0.3, 0.4) is 0 Å². The number of ether oxygens (including phenoxy) is 1. The summed E-state index contributed by atoms with van der Waals surface area (Å²) in [5, 5.41) is -0.257. The van der Waals surface area contributed by atoms with Crippen molar-refractivity contribution in [2.45, 2.75) is 18.8 Å². The highest BCUT2D eigenvalue weighted by atomic mass is 32.2. The third kappa shape index (κ3) is 3.38. The molecule has 0 aromatic heterocycles. The topological polar surface area (TPSA) is 29.5 Å². The van der Waals surface area contributed by atoms with Gasteiger partial charge in [0, 0.05) is 5.56 Å². The first-order valence-electron chi connectivity index (χ1n) is 7.67. The van der Waals surface area contributed by atoms with E-state index in [0.717, 1.165) is 11.3 Å². The Kier molecular flexibility index (Phi) is 5.04. The molecule has 2 aromatic rings. The molecule has 3 nitrogen and oxygen atoms in total. The molecular formula is C18H17F2NO2S. The molecule has 0 saturated carbocycles. The van der Waals surface area contributed by atoms with Gasteiger partial charge in [-0.2, -0.15) is 0 Å². The maximum atomic E-state index is 13.9. The molecule has 1 amide bonds. The van der Waals surface area contributed by atoms with E-state index in [1.807, 2.05) is 31.2 Å². The maximum Gasteiger partial charge on any atom is 0.234 e. The lowest BCUT2D eigenvalue weighted by atomic mass is 10.1. The summed E-state index contributed by atoms with van der Waals surface area (Å²) in [6.07, 6.45) is 0. The van der Waals surface area contributed by atoms with Gasteiger partial charge in [-0.05, 0) is 36.8 Å².